The van der Waals surface area contributed by atoms with Gasteiger partial charge in [-0.15, -0.1) is 0 Å². The first-order valence-electron chi connectivity index (χ1n) is 7.72. The quantitative estimate of drug-likeness (QED) is 0.833. The third-order valence-corrected chi connectivity index (χ3v) is 5.18. The Morgan fingerprint density at radius 3 is 2.59 bits per heavy atom. The van der Waals surface area contributed by atoms with Crippen molar-refractivity contribution in [3.63, 3.8) is 0 Å². The van der Waals surface area contributed by atoms with Crippen LogP contribution in [0.5, 0.6) is 0 Å². The molecule has 1 aromatic carbocycles. The summed E-state index contributed by atoms with van der Waals surface area (Å²) in [6.07, 6.45) is 6.74. The van der Waals surface area contributed by atoms with E-state index in [0.717, 1.165) is 23.6 Å². The molecule has 0 radical (unpaired) electrons. The number of nitrogens with zero attached hydrogens (tertiary/aromatic N) is 3. The molecule has 5 heteroatoms. The highest BCUT2D eigenvalue weighted by atomic mass is 35.5. The van der Waals surface area contributed by atoms with Crippen LogP contribution in [-0.4, -0.2) is 20.4 Å². The Morgan fingerprint density at radius 1 is 1.23 bits per heavy atom. The second kappa shape index (κ2) is 6.01. The Bertz CT molecular complexity index is 609. The van der Waals surface area contributed by atoms with Crippen molar-refractivity contribution in [2.45, 2.75) is 51.9 Å². The van der Waals surface area contributed by atoms with Crippen LogP contribution in [-0.2, 0) is 17.9 Å². The number of halogens is 1. The van der Waals surface area contributed by atoms with Crippen molar-refractivity contribution in [3.05, 3.63) is 47.5 Å². The van der Waals surface area contributed by atoms with Crippen LogP contribution in [0, 0.1) is 5.41 Å². The molecule has 1 saturated carbocycles. The molecule has 1 aromatic heterocycles. The van der Waals surface area contributed by atoms with E-state index in [1.807, 2.05) is 28.9 Å². The van der Waals surface area contributed by atoms with Gasteiger partial charge in [-0.2, -0.15) is 5.10 Å². The maximum atomic E-state index is 6.47. The fourth-order valence-corrected chi connectivity index (χ4v) is 3.49. The fraction of sp³-hybridized carbons (Fsp3) is 0.529. The summed E-state index contributed by atoms with van der Waals surface area (Å²) >= 11 is 5.95. The number of rotatable bonds is 5. The molecule has 1 atom stereocenters. The van der Waals surface area contributed by atoms with Gasteiger partial charge in [0.1, 0.15) is 12.7 Å². The molecule has 1 unspecified atom stereocenters. The van der Waals surface area contributed by atoms with Gasteiger partial charge in [-0.25, -0.2) is 4.98 Å². The number of aromatic nitrogens is 3. The second-order valence-corrected chi connectivity index (χ2v) is 7.18. The van der Waals surface area contributed by atoms with Crippen LogP contribution in [0.3, 0.4) is 0 Å². The van der Waals surface area contributed by atoms with E-state index in [1.165, 1.54) is 12.8 Å². The molecule has 1 fully saturated rings. The van der Waals surface area contributed by atoms with Gasteiger partial charge in [0, 0.05) is 5.02 Å². The summed E-state index contributed by atoms with van der Waals surface area (Å²) in [5.74, 6) is 0. The molecule has 22 heavy (non-hydrogen) atoms. The summed E-state index contributed by atoms with van der Waals surface area (Å²) in [5, 5.41) is 5.02. The number of hydrogen-bond acceptors (Lipinski definition) is 3. The van der Waals surface area contributed by atoms with E-state index in [0.29, 0.717) is 6.61 Å². The molecule has 0 bridgehead atoms. The van der Waals surface area contributed by atoms with Crippen LogP contribution in [0.25, 0.3) is 0 Å². The molecule has 4 nitrogen and oxygen atoms in total. The van der Waals surface area contributed by atoms with Crippen molar-refractivity contribution in [2.75, 3.05) is 0 Å². The molecule has 0 amide bonds. The van der Waals surface area contributed by atoms with E-state index in [2.05, 4.69) is 23.9 Å². The van der Waals surface area contributed by atoms with Crippen LogP contribution < -0.4 is 0 Å². The molecule has 0 saturated heterocycles. The molecular weight excluding hydrogens is 298 g/mol. The van der Waals surface area contributed by atoms with Crippen LogP contribution in [0.1, 0.15) is 38.7 Å². The summed E-state index contributed by atoms with van der Waals surface area (Å²) in [4.78, 5) is 4.05. The van der Waals surface area contributed by atoms with Crippen LogP contribution in [0.4, 0.5) is 0 Å². The zero-order chi connectivity index (χ0) is 15.6. The average Bonchev–Trinajstić information content (AvgIpc) is 3.08. The largest absolute Gasteiger partial charge is 0.368 e. The molecule has 0 aliphatic heterocycles. The summed E-state index contributed by atoms with van der Waals surface area (Å²) in [6, 6.07) is 7.86. The first-order valence-corrected chi connectivity index (χ1v) is 8.09. The SMILES string of the molecule is CC1(C)CCCC1(Cn1cncn1)OCc1ccc(Cl)cc1. The number of ether oxygens (including phenoxy) is 1. The summed E-state index contributed by atoms with van der Waals surface area (Å²) in [6.45, 7) is 5.92. The summed E-state index contributed by atoms with van der Waals surface area (Å²) in [7, 11) is 0. The predicted octanol–water partition coefficient (Wildman–Crippen LogP) is 4.10. The average molecular weight is 320 g/mol. The Kier molecular flexibility index (Phi) is 4.24. The van der Waals surface area contributed by atoms with Crippen LogP contribution in [0.2, 0.25) is 5.02 Å². The maximum absolute atomic E-state index is 6.47. The molecule has 2 aromatic rings. The van der Waals surface area contributed by atoms with Crippen LogP contribution >= 0.6 is 11.6 Å². The molecular formula is C17H22ClN3O. The molecule has 3 rings (SSSR count). The standard InChI is InChI=1S/C17H22ClN3O/c1-16(2)8-3-9-17(16,11-21-13-19-12-20-21)22-10-14-4-6-15(18)7-5-14/h4-7,12-13H,3,8-11H2,1-2H3. The highest BCUT2D eigenvalue weighted by Gasteiger charge is 2.50. The number of benzene rings is 1. The molecule has 1 heterocycles. The van der Waals surface area contributed by atoms with Crippen molar-refractivity contribution in [2.24, 2.45) is 5.41 Å². The fourth-order valence-electron chi connectivity index (χ4n) is 3.37. The molecule has 0 spiro atoms. The molecule has 1 aliphatic carbocycles. The Balaban J connectivity index is 1.78. The van der Waals surface area contributed by atoms with Gasteiger partial charge in [-0.1, -0.05) is 37.6 Å². The maximum Gasteiger partial charge on any atom is 0.137 e. The van der Waals surface area contributed by atoms with Crippen molar-refractivity contribution in [3.8, 4) is 0 Å². The minimum absolute atomic E-state index is 0.116. The zero-order valence-electron chi connectivity index (χ0n) is 13.1. The smallest absolute Gasteiger partial charge is 0.137 e. The van der Waals surface area contributed by atoms with E-state index in [-0.39, 0.29) is 11.0 Å². The van der Waals surface area contributed by atoms with E-state index in [1.54, 1.807) is 12.7 Å². The Morgan fingerprint density at radius 2 is 2.00 bits per heavy atom. The van der Waals surface area contributed by atoms with Gasteiger partial charge in [0.25, 0.3) is 0 Å². The third kappa shape index (κ3) is 3.03. The highest BCUT2D eigenvalue weighted by molar-refractivity contribution is 6.30. The Labute approximate surface area is 136 Å². The second-order valence-electron chi connectivity index (χ2n) is 6.74. The van der Waals surface area contributed by atoms with Crippen molar-refractivity contribution in [1.29, 1.82) is 0 Å². The topological polar surface area (TPSA) is 39.9 Å². The van der Waals surface area contributed by atoms with E-state index in [9.17, 15) is 0 Å². The first kappa shape index (κ1) is 15.5. The van der Waals surface area contributed by atoms with Gasteiger partial charge in [0.2, 0.25) is 0 Å². The molecule has 118 valence electrons. The minimum Gasteiger partial charge on any atom is -0.368 e. The first-order chi connectivity index (χ1) is 10.5. The van der Waals surface area contributed by atoms with Crippen LogP contribution in [0.15, 0.2) is 36.9 Å². The lowest BCUT2D eigenvalue weighted by Gasteiger charge is -2.41. The Hall–Kier alpha value is -1.39. The minimum atomic E-state index is -0.208. The lowest BCUT2D eigenvalue weighted by Crippen LogP contribution is -2.46. The normalized spacial score (nSPS) is 23.8. The van der Waals surface area contributed by atoms with Gasteiger partial charge >= 0.3 is 0 Å². The summed E-state index contributed by atoms with van der Waals surface area (Å²) < 4.78 is 8.36. The number of hydrogen-bond donors (Lipinski definition) is 0. The van der Waals surface area contributed by atoms with Gasteiger partial charge in [-0.3, -0.25) is 4.68 Å². The lowest BCUT2D eigenvalue weighted by atomic mass is 9.77. The third-order valence-electron chi connectivity index (χ3n) is 4.93. The van der Waals surface area contributed by atoms with E-state index < -0.39 is 0 Å². The lowest BCUT2D eigenvalue weighted by molar-refractivity contribution is -0.127. The van der Waals surface area contributed by atoms with Gasteiger partial charge < -0.3 is 4.74 Å². The molecule has 0 N–H and O–H groups in total. The van der Waals surface area contributed by atoms with Crippen molar-refractivity contribution >= 4 is 11.6 Å². The predicted molar refractivity (Wildman–Crippen MR) is 86.6 cm³/mol. The summed E-state index contributed by atoms with van der Waals surface area (Å²) in [5.41, 5.74) is 1.05. The van der Waals surface area contributed by atoms with Crippen molar-refractivity contribution in [1.82, 2.24) is 14.8 Å². The van der Waals surface area contributed by atoms with Gasteiger partial charge in [0.05, 0.1) is 18.8 Å². The van der Waals surface area contributed by atoms with E-state index >= 15 is 0 Å². The van der Waals surface area contributed by atoms with Gasteiger partial charge in [0.15, 0.2) is 0 Å². The van der Waals surface area contributed by atoms with Gasteiger partial charge in [-0.05, 0) is 42.4 Å². The van der Waals surface area contributed by atoms with Crippen molar-refractivity contribution < 1.29 is 4.74 Å². The monoisotopic (exact) mass is 319 g/mol. The van der Waals surface area contributed by atoms with E-state index in [4.69, 9.17) is 16.3 Å². The highest BCUT2D eigenvalue weighted by Crippen LogP contribution is 2.49. The zero-order valence-corrected chi connectivity index (χ0v) is 13.9. The molecule has 1 aliphatic rings.